The fourth-order valence-electron chi connectivity index (χ4n) is 1.68. The Bertz CT molecular complexity index is 555. The number of hydrogen-bond donors (Lipinski definition) is 2. The van der Waals surface area contributed by atoms with Crippen molar-refractivity contribution >= 4 is 51.8 Å². The molecular formula is C14H14Cl3NO2S. The second kappa shape index (κ2) is 8.22. The van der Waals surface area contributed by atoms with Crippen molar-refractivity contribution in [2.24, 2.45) is 0 Å². The van der Waals surface area contributed by atoms with E-state index in [1.807, 2.05) is 17.5 Å². The zero-order valence-corrected chi connectivity index (χ0v) is 14.1. The largest absolute Gasteiger partial charge is 0.389 e. The molecule has 0 radical (unpaired) electrons. The average molecular weight is 367 g/mol. The lowest BCUT2D eigenvalue weighted by Gasteiger charge is -2.15. The summed E-state index contributed by atoms with van der Waals surface area (Å²) in [5.74, 6) is 0. The minimum absolute atomic E-state index is 0.230. The van der Waals surface area contributed by atoms with E-state index in [0.29, 0.717) is 27.4 Å². The first kappa shape index (κ1) is 16.9. The third kappa shape index (κ3) is 5.33. The molecule has 0 fully saturated rings. The molecule has 1 heterocycles. The number of halogens is 3. The first-order valence-corrected chi connectivity index (χ1v) is 8.24. The van der Waals surface area contributed by atoms with Gasteiger partial charge in [-0.1, -0.05) is 40.9 Å². The van der Waals surface area contributed by atoms with E-state index < -0.39 is 6.10 Å². The fraction of sp³-hybridized carbons (Fsp3) is 0.286. The second-order valence-corrected chi connectivity index (χ2v) is 6.66. The van der Waals surface area contributed by atoms with Crippen molar-refractivity contribution in [1.29, 1.82) is 0 Å². The van der Waals surface area contributed by atoms with E-state index in [0.717, 1.165) is 4.88 Å². The molecule has 2 aromatic rings. The number of anilines is 1. The van der Waals surface area contributed by atoms with Crippen molar-refractivity contribution < 1.29 is 9.84 Å². The van der Waals surface area contributed by atoms with Crippen LogP contribution in [0.1, 0.15) is 4.88 Å². The van der Waals surface area contributed by atoms with Crippen LogP contribution in [-0.2, 0) is 11.3 Å². The van der Waals surface area contributed by atoms with E-state index in [2.05, 4.69) is 5.32 Å². The molecule has 1 aromatic carbocycles. The van der Waals surface area contributed by atoms with E-state index >= 15 is 0 Å². The van der Waals surface area contributed by atoms with Crippen LogP contribution in [0.25, 0.3) is 0 Å². The van der Waals surface area contributed by atoms with Crippen molar-refractivity contribution in [2.45, 2.75) is 12.7 Å². The summed E-state index contributed by atoms with van der Waals surface area (Å²) in [6, 6.07) is 7.14. The van der Waals surface area contributed by atoms with Gasteiger partial charge < -0.3 is 15.2 Å². The molecule has 1 atom stereocenters. The summed E-state index contributed by atoms with van der Waals surface area (Å²) in [7, 11) is 0. The van der Waals surface area contributed by atoms with Crippen molar-refractivity contribution in [3.8, 4) is 0 Å². The van der Waals surface area contributed by atoms with Crippen LogP contribution in [0, 0.1) is 0 Å². The highest BCUT2D eigenvalue weighted by Crippen LogP contribution is 2.33. The van der Waals surface area contributed by atoms with Gasteiger partial charge in [-0.2, -0.15) is 0 Å². The van der Waals surface area contributed by atoms with Crippen molar-refractivity contribution in [3.05, 3.63) is 49.6 Å². The lowest BCUT2D eigenvalue weighted by molar-refractivity contribution is 0.0359. The third-order valence-electron chi connectivity index (χ3n) is 2.66. The van der Waals surface area contributed by atoms with Crippen LogP contribution in [0.2, 0.25) is 15.1 Å². The van der Waals surface area contributed by atoms with E-state index in [9.17, 15) is 5.11 Å². The molecule has 114 valence electrons. The van der Waals surface area contributed by atoms with Gasteiger partial charge in [0.2, 0.25) is 0 Å². The quantitative estimate of drug-likeness (QED) is 0.746. The number of aliphatic hydroxyl groups is 1. The van der Waals surface area contributed by atoms with Gasteiger partial charge in [0.05, 0.1) is 35.1 Å². The zero-order valence-electron chi connectivity index (χ0n) is 11.0. The molecule has 7 heteroatoms. The van der Waals surface area contributed by atoms with Gasteiger partial charge in [0.25, 0.3) is 0 Å². The molecule has 21 heavy (non-hydrogen) atoms. The average Bonchev–Trinajstić information content (AvgIpc) is 2.90. The third-order valence-corrected chi connectivity index (χ3v) is 4.32. The van der Waals surface area contributed by atoms with Gasteiger partial charge in [-0.3, -0.25) is 0 Å². The van der Waals surface area contributed by atoms with Crippen molar-refractivity contribution in [1.82, 2.24) is 0 Å². The molecule has 2 N–H and O–H groups in total. The molecule has 0 amide bonds. The predicted octanol–water partition coefficient (Wildman–Crippen LogP) is 4.70. The lowest BCUT2D eigenvalue weighted by atomic mass is 10.3. The molecule has 0 spiro atoms. The van der Waals surface area contributed by atoms with E-state index in [-0.39, 0.29) is 13.2 Å². The molecule has 3 nitrogen and oxygen atoms in total. The normalized spacial score (nSPS) is 12.4. The van der Waals surface area contributed by atoms with Crippen molar-refractivity contribution in [3.63, 3.8) is 0 Å². The highest BCUT2D eigenvalue weighted by atomic mass is 35.5. The van der Waals surface area contributed by atoms with E-state index in [4.69, 9.17) is 39.5 Å². The van der Waals surface area contributed by atoms with Gasteiger partial charge in [0.1, 0.15) is 0 Å². The molecule has 0 saturated heterocycles. The Labute approximate surface area is 142 Å². The second-order valence-electron chi connectivity index (χ2n) is 4.37. The standard InChI is InChI=1S/C14H14Cl3NO2S/c15-9-4-12(16)14(13(17)5-9)18-6-10(19)7-20-8-11-2-1-3-21-11/h1-5,10,18-19H,6-8H2. The summed E-state index contributed by atoms with van der Waals surface area (Å²) in [5.41, 5.74) is 0.556. The van der Waals surface area contributed by atoms with Crippen LogP contribution in [0.4, 0.5) is 5.69 Å². The number of hydrogen-bond acceptors (Lipinski definition) is 4. The summed E-state index contributed by atoms with van der Waals surface area (Å²) < 4.78 is 5.44. The van der Waals surface area contributed by atoms with Gasteiger partial charge in [-0.05, 0) is 23.6 Å². The molecule has 0 aliphatic heterocycles. The maximum atomic E-state index is 9.88. The summed E-state index contributed by atoms with van der Waals surface area (Å²) in [6.45, 7) is 1.01. The molecule has 0 aliphatic rings. The van der Waals surface area contributed by atoms with Crippen LogP contribution in [-0.4, -0.2) is 24.4 Å². The Balaban J connectivity index is 1.77. The SMILES string of the molecule is OC(CNc1c(Cl)cc(Cl)cc1Cl)COCc1cccs1. The van der Waals surface area contributed by atoms with Crippen LogP contribution in [0.3, 0.4) is 0 Å². The Morgan fingerprint density at radius 3 is 2.57 bits per heavy atom. The Kier molecular flexibility index (Phi) is 6.61. The molecule has 2 rings (SSSR count). The zero-order chi connectivity index (χ0) is 15.2. The highest BCUT2D eigenvalue weighted by molar-refractivity contribution is 7.09. The molecule has 0 bridgehead atoms. The first-order chi connectivity index (χ1) is 10.1. The first-order valence-electron chi connectivity index (χ1n) is 6.23. The van der Waals surface area contributed by atoms with Crippen LogP contribution >= 0.6 is 46.1 Å². The predicted molar refractivity (Wildman–Crippen MR) is 89.9 cm³/mol. The van der Waals surface area contributed by atoms with E-state index in [1.165, 1.54) is 0 Å². The van der Waals surface area contributed by atoms with Crippen LogP contribution < -0.4 is 5.32 Å². The minimum atomic E-state index is -0.659. The van der Waals surface area contributed by atoms with Gasteiger partial charge in [-0.25, -0.2) is 0 Å². The molecule has 1 unspecified atom stereocenters. The van der Waals surface area contributed by atoms with Crippen LogP contribution in [0.5, 0.6) is 0 Å². The Morgan fingerprint density at radius 1 is 1.24 bits per heavy atom. The van der Waals surface area contributed by atoms with E-state index in [1.54, 1.807) is 23.5 Å². The highest BCUT2D eigenvalue weighted by Gasteiger charge is 2.10. The number of benzene rings is 1. The smallest absolute Gasteiger partial charge is 0.0945 e. The van der Waals surface area contributed by atoms with Gasteiger partial charge in [0.15, 0.2) is 0 Å². The molecular weight excluding hydrogens is 353 g/mol. The maximum Gasteiger partial charge on any atom is 0.0945 e. The van der Waals surface area contributed by atoms with Gasteiger partial charge in [0, 0.05) is 16.4 Å². The lowest BCUT2D eigenvalue weighted by Crippen LogP contribution is -2.25. The Morgan fingerprint density at radius 2 is 1.95 bits per heavy atom. The molecule has 0 saturated carbocycles. The fourth-order valence-corrected chi connectivity index (χ4v) is 3.27. The summed E-state index contributed by atoms with van der Waals surface area (Å²) in [6.07, 6.45) is -0.659. The maximum absolute atomic E-state index is 9.88. The number of rotatable bonds is 7. The monoisotopic (exact) mass is 365 g/mol. The summed E-state index contributed by atoms with van der Waals surface area (Å²) >= 11 is 19.6. The summed E-state index contributed by atoms with van der Waals surface area (Å²) in [5, 5.41) is 16.2. The molecule has 1 aromatic heterocycles. The summed E-state index contributed by atoms with van der Waals surface area (Å²) in [4.78, 5) is 1.12. The van der Waals surface area contributed by atoms with Crippen LogP contribution in [0.15, 0.2) is 29.6 Å². The Hall–Kier alpha value is -0.490. The number of thiophene rings is 1. The number of ether oxygens (including phenoxy) is 1. The van der Waals surface area contributed by atoms with Gasteiger partial charge in [-0.15, -0.1) is 11.3 Å². The van der Waals surface area contributed by atoms with Crippen molar-refractivity contribution in [2.75, 3.05) is 18.5 Å². The number of nitrogens with one attached hydrogen (secondary N) is 1. The van der Waals surface area contributed by atoms with Gasteiger partial charge >= 0.3 is 0 Å². The topological polar surface area (TPSA) is 41.5 Å². The molecule has 0 aliphatic carbocycles. The minimum Gasteiger partial charge on any atom is -0.389 e. The number of aliphatic hydroxyl groups excluding tert-OH is 1.